The van der Waals surface area contributed by atoms with Gasteiger partial charge in [0.2, 0.25) is 0 Å². The fourth-order valence-electron chi connectivity index (χ4n) is 5.49. The molecular formula is C27H34F3N3O2. The molecule has 0 unspecified atom stereocenters. The van der Waals surface area contributed by atoms with Crippen LogP contribution in [0.3, 0.4) is 0 Å². The van der Waals surface area contributed by atoms with Crippen LogP contribution < -0.4 is 0 Å². The number of carbonyl (C=O) groups is 1. The summed E-state index contributed by atoms with van der Waals surface area (Å²) in [6, 6.07) is 15.7. The summed E-state index contributed by atoms with van der Waals surface area (Å²) in [4.78, 5) is 18.1. The molecule has 3 atom stereocenters. The van der Waals surface area contributed by atoms with Crippen LogP contribution in [-0.4, -0.2) is 90.9 Å². The maximum Gasteiger partial charge on any atom is 0.390 e. The van der Waals surface area contributed by atoms with Gasteiger partial charge in [0.05, 0.1) is 13.0 Å². The van der Waals surface area contributed by atoms with Crippen LogP contribution in [0.4, 0.5) is 13.2 Å². The average molecular weight is 490 g/mol. The Hall–Kier alpha value is -2.42. The summed E-state index contributed by atoms with van der Waals surface area (Å²) in [6.07, 6.45) is -3.16. The van der Waals surface area contributed by atoms with Crippen LogP contribution in [0.1, 0.15) is 41.1 Å². The van der Waals surface area contributed by atoms with Gasteiger partial charge in [-0.25, -0.2) is 0 Å². The Morgan fingerprint density at radius 1 is 1.06 bits per heavy atom. The molecule has 1 amide bonds. The number of hydrogen-bond donors (Lipinski definition) is 1. The van der Waals surface area contributed by atoms with E-state index in [2.05, 4.69) is 17.0 Å². The molecule has 2 saturated heterocycles. The number of hydrogen-bond acceptors (Lipinski definition) is 4. The minimum Gasteiger partial charge on any atom is -0.395 e. The molecule has 5 nitrogen and oxygen atoms in total. The zero-order valence-corrected chi connectivity index (χ0v) is 20.3. The highest BCUT2D eigenvalue weighted by Gasteiger charge is 2.49. The third-order valence-corrected chi connectivity index (χ3v) is 7.31. The van der Waals surface area contributed by atoms with Crippen molar-refractivity contribution in [3.8, 4) is 11.1 Å². The number of amides is 1. The van der Waals surface area contributed by atoms with Crippen molar-refractivity contribution in [1.82, 2.24) is 14.7 Å². The largest absolute Gasteiger partial charge is 0.395 e. The maximum atomic E-state index is 12.8. The third-order valence-electron chi connectivity index (χ3n) is 7.31. The number of halogens is 3. The number of aliphatic hydroxyl groups excluding tert-OH is 1. The van der Waals surface area contributed by atoms with E-state index in [0.29, 0.717) is 18.7 Å². The number of fused-ring (bicyclic) bond motifs is 1. The van der Waals surface area contributed by atoms with Crippen molar-refractivity contribution < 1.29 is 23.1 Å². The second-order valence-corrected chi connectivity index (χ2v) is 9.86. The first-order valence-corrected chi connectivity index (χ1v) is 12.3. The molecule has 2 aliphatic heterocycles. The molecule has 2 fully saturated rings. The number of rotatable bonds is 6. The zero-order valence-electron chi connectivity index (χ0n) is 20.3. The minimum atomic E-state index is -4.15. The smallest absolute Gasteiger partial charge is 0.390 e. The van der Waals surface area contributed by atoms with Gasteiger partial charge in [0.15, 0.2) is 0 Å². The van der Waals surface area contributed by atoms with Crippen LogP contribution in [0.5, 0.6) is 0 Å². The molecule has 0 aromatic heterocycles. The van der Waals surface area contributed by atoms with Gasteiger partial charge >= 0.3 is 6.18 Å². The van der Waals surface area contributed by atoms with Gasteiger partial charge in [-0.1, -0.05) is 36.4 Å². The second-order valence-electron chi connectivity index (χ2n) is 9.86. The third kappa shape index (κ3) is 5.88. The first-order chi connectivity index (χ1) is 16.7. The van der Waals surface area contributed by atoms with Crippen LogP contribution in [-0.2, 0) is 0 Å². The molecule has 2 aliphatic rings. The van der Waals surface area contributed by atoms with Crippen LogP contribution in [0.15, 0.2) is 48.5 Å². The Balaban J connectivity index is 1.52. The Bertz CT molecular complexity index is 1010. The van der Waals surface area contributed by atoms with E-state index in [1.54, 1.807) is 25.1 Å². The van der Waals surface area contributed by atoms with Crippen molar-refractivity contribution >= 4 is 5.91 Å². The van der Waals surface area contributed by atoms with E-state index in [1.807, 2.05) is 35.2 Å². The molecule has 190 valence electrons. The summed E-state index contributed by atoms with van der Waals surface area (Å²) in [5.74, 6) is 0.0189. The van der Waals surface area contributed by atoms with E-state index in [4.69, 9.17) is 0 Å². The fraction of sp³-hybridized carbons (Fsp3) is 0.519. The highest BCUT2D eigenvalue weighted by Crippen LogP contribution is 2.42. The molecule has 0 spiro atoms. The monoisotopic (exact) mass is 489 g/mol. The van der Waals surface area contributed by atoms with Crippen molar-refractivity contribution in [3.05, 3.63) is 59.7 Å². The lowest BCUT2D eigenvalue weighted by Gasteiger charge is -2.57. The highest BCUT2D eigenvalue weighted by molar-refractivity contribution is 5.95. The Kier molecular flexibility index (Phi) is 7.83. The SMILES string of the molecule is CN(C)C(=O)c1cccc(-c2ccc([C@H]3[C@H]4CN(CCC(F)(F)F)CCCCN4[C@H]3CO)cc2)c1. The lowest BCUT2D eigenvalue weighted by Crippen LogP contribution is -2.67. The number of carbonyl (C=O) groups excluding carboxylic acids is 1. The van der Waals surface area contributed by atoms with Crippen LogP contribution >= 0.6 is 0 Å². The maximum absolute atomic E-state index is 12.8. The highest BCUT2D eigenvalue weighted by atomic mass is 19.4. The number of alkyl halides is 3. The fourth-order valence-corrected chi connectivity index (χ4v) is 5.49. The van der Waals surface area contributed by atoms with Gasteiger partial charge in [-0.3, -0.25) is 9.69 Å². The zero-order chi connectivity index (χ0) is 25.2. The molecule has 0 bridgehead atoms. The first-order valence-electron chi connectivity index (χ1n) is 12.3. The van der Waals surface area contributed by atoms with E-state index < -0.39 is 12.6 Å². The lowest BCUT2D eigenvalue weighted by atomic mass is 9.74. The second kappa shape index (κ2) is 10.7. The molecular weight excluding hydrogens is 455 g/mol. The molecule has 0 aliphatic carbocycles. The van der Waals surface area contributed by atoms with Gasteiger partial charge < -0.3 is 14.9 Å². The summed E-state index contributed by atoms with van der Waals surface area (Å²) in [6.45, 7) is 2.17. The molecule has 8 heteroatoms. The van der Waals surface area contributed by atoms with Crippen molar-refractivity contribution in [1.29, 1.82) is 0 Å². The van der Waals surface area contributed by atoms with Crippen LogP contribution in [0.25, 0.3) is 11.1 Å². The standard InChI is InChI=1S/C27H34F3N3O2/c1-31(2)26(35)22-7-5-6-21(16-22)19-8-10-20(11-9-19)25-23-17-32(15-12-27(28,29)30)13-3-4-14-33(23)24(25)18-34/h5-11,16,23-25,34H,3-4,12-15,17-18H2,1-2H3/t23-,24+,25+/m1/s1. The van der Waals surface area contributed by atoms with Gasteiger partial charge in [0.1, 0.15) is 0 Å². The minimum absolute atomic E-state index is 0.0190. The van der Waals surface area contributed by atoms with Crippen LogP contribution in [0.2, 0.25) is 0 Å². The normalized spacial score (nSPS) is 23.7. The topological polar surface area (TPSA) is 47.0 Å². The molecule has 35 heavy (non-hydrogen) atoms. The van der Waals surface area contributed by atoms with E-state index in [9.17, 15) is 23.1 Å². The van der Waals surface area contributed by atoms with E-state index in [-0.39, 0.29) is 37.1 Å². The summed E-state index contributed by atoms with van der Waals surface area (Å²) in [5.41, 5.74) is 3.65. The predicted octanol–water partition coefficient (Wildman–Crippen LogP) is 4.23. The van der Waals surface area contributed by atoms with E-state index in [1.165, 1.54) is 0 Å². The van der Waals surface area contributed by atoms with Crippen molar-refractivity contribution in [2.75, 3.05) is 46.9 Å². The van der Waals surface area contributed by atoms with Crippen molar-refractivity contribution in [2.24, 2.45) is 0 Å². The Morgan fingerprint density at radius 2 is 1.77 bits per heavy atom. The van der Waals surface area contributed by atoms with E-state index >= 15 is 0 Å². The van der Waals surface area contributed by atoms with Gasteiger partial charge in [0.25, 0.3) is 5.91 Å². The summed E-state index contributed by atoms with van der Waals surface area (Å²) < 4.78 is 38.5. The van der Waals surface area contributed by atoms with E-state index in [0.717, 1.165) is 36.1 Å². The average Bonchev–Trinajstić information content (AvgIpc) is 2.81. The molecule has 0 saturated carbocycles. The van der Waals surface area contributed by atoms with Gasteiger partial charge in [-0.2, -0.15) is 13.2 Å². The lowest BCUT2D eigenvalue weighted by molar-refractivity contribution is -0.140. The number of benzene rings is 2. The summed E-state index contributed by atoms with van der Waals surface area (Å²) >= 11 is 0. The van der Waals surface area contributed by atoms with Gasteiger partial charge in [0, 0.05) is 50.7 Å². The first kappa shape index (κ1) is 25.7. The van der Waals surface area contributed by atoms with Crippen molar-refractivity contribution in [2.45, 2.75) is 43.4 Å². The quantitative estimate of drug-likeness (QED) is 0.660. The molecule has 2 heterocycles. The summed E-state index contributed by atoms with van der Waals surface area (Å²) in [5, 5.41) is 10.1. The molecule has 2 aromatic carbocycles. The Labute approximate surface area is 205 Å². The predicted molar refractivity (Wildman–Crippen MR) is 130 cm³/mol. The number of aliphatic hydroxyl groups is 1. The molecule has 2 aromatic rings. The molecule has 1 N–H and O–H groups in total. The number of nitrogens with zero attached hydrogens (tertiary/aromatic N) is 3. The Morgan fingerprint density at radius 3 is 2.43 bits per heavy atom. The molecule has 0 radical (unpaired) electrons. The van der Waals surface area contributed by atoms with Gasteiger partial charge in [-0.15, -0.1) is 0 Å². The summed E-state index contributed by atoms with van der Waals surface area (Å²) in [7, 11) is 3.45. The van der Waals surface area contributed by atoms with Crippen molar-refractivity contribution in [3.63, 3.8) is 0 Å². The van der Waals surface area contributed by atoms with Crippen LogP contribution in [0, 0.1) is 0 Å². The molecule has 4 rings (SSSR count). The van der Waals surface area contributed by atoms with Gasteiger partial charge in [-0.05, 0) is 54.8 Å².